The number of alkyl halides is 1. The van der Waals surface area contributed by atoms with E-state index in [1.807, 2.05) is 13.8 Å². The lowest BCUT2D eigenvalue weighted by molar-refractivity contribution is -0.219. The second-order valence-electron chi connectivity index (χ2n) is 11.5. The third kappa shape index (κ3) is 3.26. The number of ketones is 1. The number of halogens is 1. The summed E-state index contributed by atoms with van der Waals surface area (Å²) in [5.74, 6) is -1.31. The van der Waals surface area contributed by atoms with Gasteiger partial charge >= 0.3 is 0 Å². The Bertz CT molecular complexity index is 1120. The Kier molecular flexibility index (Phi) is 5.91. The van der Waals surface area contributed by atoms with Gasteiger partial charge in [0.2, 0.25) is 0 Å². The molecule has 1 aromatic rings. The Morgan fingerprint density at radius 2 is 2.00 bits per heavy atom. The van der Waals surface area contributed by atoms with E-state index in [1.165, 1.54) is 12.2 Å². The smallest absolute Gasteiger partial charge is 0.252 e. The van der Waals surface area contributed by atoms with E-state index in [9.17, 15) is 19.8 Å². The van der Waals surface area contributed by atoms with Crippen LogP contribution < -0.4 is 10.1 Å². The Morgan fingerprint density at radius 1 is 1.28 bits per heavy atom. The predicted octanol–water partition coefficient (Wildman–Crippen LogP) is 2.92. The zero-order chi connectivity index (χ0) is 25.9. The van der Waals surface area contributed by atoms with Gasteiger partial charge in [-0.1, -0.05) is 25.5 Å². The van der Waals surface area contributed by atoms with E-state index >= 15 is 4.39 Å². The minimum atomic E-state index is -1.99. The fraction of sp³-hybridized carbons (Fsp3) is 0.607. The number of nitrogens with one attached hydrogen (secondary N) is 1. The fourth-order valence-electron chi connectivity index (χ4n) is 7.93. The fourth-order valence-corrected chi connectivity index (χ4v) is 7.93. The number of aromatic nitrogens is 1. The van der Waals surface area contributed by atoms with E-state index in [-0.39, 0.29) is 31.3 Å². The van der Waals surface area contributed by atoms with E-state index in [4.69, 9.17) is 4.74 Å². The average molecular weight is 499 g/mol. The van der Waals surface area contributed by atoms with Gasteiger partial charge in [0.1, 0.15) is 12.4 Å². The van der Waals surface area contributed by atoms with Gasteiger partial charge in [0.25, 0.3) is 5.91 Å². The van der Waals surface area contributed by atoms with Crippen molar-refractivity contribution in [3.63, 3.8) is 0 Å². The second kappa shape index (κ2) is 8.48. The van der Waals surface area contributed by atoms with Crippen LogP contribution in [0.5, 0.6) is 5.75 Å². The highest BCUT2D eigenvalue weighted by molar-refractivity contribution is 6.01. The first kappa shape index (κ1) is 25.1. The lowest BCUT2D eigenvalue weighted by Gasteiger charge is -2.62. The molecule has 0 unspecified atom stereocenters. The summed E-state index contributed by atoms with van der Waals surface area (Å²) in [7, 11) is 0. The van der Waals surface area contributed by atoms with Crippen LogP contribution in [0.2, 0.25) is 0 Å². The summed E-state index contributed by atoms with van der Waals surface area (Å²) in [6.07, 6.45) is 7.79. The number of allylic oxidation sites excluding steroid dienone is 4. The molecule has 3 saturated carbocycles. The van der Waals surface area contributed by atoms with Gasteiger partial charge in [-0.25, -0.2) is 4.39 Å². The highest BCUT2D eigenvalue weighted by Gasteiger charge is 2.75. The van der Waals surface area contributed by atoms with Gasteiger partial charge in [-0.05, 0) is 68.7 Å². The van der Waals surface area contributed by atoms with E-state index in [0.717, 1.165) is 0 Å². The van der Waals surface area contributed by atoms with Gasteiger partial charge in [-0.15, -0.1) is 0 Å². The number of ether oxygens (including phenoxy) is 1. The number of carbonyl (C=O) groups excluding carboxylic acids is 2. The number of amides is 1. The van der Waals surface area contributed by atoms with Crippen LogP contribution in [0.4, 0.5) is 4.39 Å². The van der Waals surface area contributed by atoms with Crippen LogP contribution in [-0.2, 0) is 9.59 Å². The molecule has 3 fully saturated rings. The average Bonchev–Trinajstić information content (AvgIpc) is 3.05. The zero-order valence-electron chi connectivity index (χ0n) is 21.0. The summed E-state index contributed by atoms with van der Waals surface area (Å²) in [5.41, 5.74) is -5.14. The van der Waals surface area contributed by atoms with Crippen LogP contribution >= 0.6 is 0 Å². The van der Waals surface area contributed by atoms with Crippen molar-refractivity contribution in [2.24, 2.45) is 28.6 Å². The largest absolute Gasteiger partial charge is 0.492 e. The summed E-state index contributed by atoms with van der Waals surface area (Å²) in [5, 5.41) is 26.2. The summed E-state index contributed by atoms with van der Waals surface area (Å²) >= 11 is 0. The van der Waals surface area contributed by atoms with Gasteiger partial charge < -0.3 is 20.3 Å². The van der Waals surface area contributed by atoms with E-state index in [1.54, 1.807) is 37.5 Å². The highest BCUT2D eigenvalue weighted by atomic mass is 19.1. The highest BCUT2D eigenvalue weighted by Crippen LogP contribution is 2.70. The molecule has 4 aliphatic carbocycles. The van der Waals surface area contributed by atoms with E-state index in [2.05, 4.69) is 10.3 Å². The number of pyridine rings is 1. The lowest BCUT2D eigenvalue weighted by atomic mass is 9.44. The Hall–Kier alpha value is -2.58. The summed E-state index contributed by atoms with van der Waals surface area (Å²) in [6, 6.07) is 3.44. The molecule has 1 amide bonds. The molecule has 3 N–H and O–H groups in total. The van der Waals surface area contributed by atoms with Crippen molar-refractivity contribution < 1.29 is 28.9 Å². The second-order valence-corrected chi connectivity index (χ2v) is 11.5. The molecule has 0 aromatic carbocycles. The van der Waals surface area contributed by atoms with Gasteiger partial charge in [0, 0.05) is 29.1 Å². The molecule has 0 radical (unpaired) electrons. The topological polar surface area (TPSA) is 109 Å². The number of fused-ring (bicyclic) bond motifs is 5. The summed E-state index contributed by atoms with van der Waals surface area (Å²) < 4.78 is 22.8. The van der Waals surface area contributed by atoms with E-state index in [0.29, 0.717) is 30.6 Å². The molecule has 8 heteroatoms. The Morgan fingerprint density at radius 3 is 2.72 bits per heavy atom. The third-order valence-corrected chi connectivity index (χ3v) is 9.87. The molecular formula is C28H35FN2O5. The minimum Gasteiger partial charge on any atom is -0.492 e. The van der Waals surface area contributed by atoms with Crippen LogP contribution in [0, 0.1) is 28.6 Å². The SMILES string of the molecule is C[C@@H]1C[C@H]2[C@@H]3CCC4=CC(=O)C=C[C@]4(C)[C@@]3(F)[C@@H](O)C[C@]2(C)[C@@]1(O)C(=O)NCCOc1ccncc1. The van der Waals surface area contributed by atoms with E-state index < -0.39 is 45.9 Å². The molecule has 7 nitrogen and oxygen atoms in total. The molecule has 1 heterocycles. The molecule has 194 valence electrons. The number of hydrogen-bond donors (Lipinski definition) is 3. The number of hydrogen-bond acceptors (Lipinski definition) is 6. The number of aliphatic hydroxyl groups excluding tert-OH is 1. The first-order valence-electron chi connectivity index (χ1n) is 12.8. The van der Waals surface area contributed by atoms with Crippen LogP contribution in [0.3, 0.4) is 0 Å². The normalized spacial score (nSPS) is 43.2. The van der Waals surface area contributed by atoms with Crippen LogP contribution in [0.15, 0.2) is 48.3 Å². The molecule has 8 atom stereocenters. The zero-order valence-corrected chi connectivity index (χ0v) is 21.0. The first-order chi connectivity index (χ1) is 17.0. The third-order valence-electron chi connectivity index (χ3n) is 9.87. The van der Waals surface area contributed by atoms with Crippen molar-refractivity contribution in [2.45, 2.75) is 63.8 Å². The lowest BCUT2D eigenvalue weighted by Crippen LogP contribution is -2.70. The molecule has 1 aromatic heterocycles. The number of nitrogens with zero attached hydrogens (tertiary/aromatic N) is 1. The number of rotatable bonds is 5. The Balaban J connectivity index is 1.38. The summed E-state index contributed by atoms with van der Waals surface area (Å²) in [6.45, 7) is 5.83. The standard InChI is InChI=1S/C28H35FN2O5/c1-17-14-22-21-5-4-18-15-19(32)6-9-25(18,2)27(21,29)23(33)16-26(22,3)28(17,35)24(34)31-12-13-36-20-7-10-30-11-8-20/h6-11,15,17,21-23,33,35H,4-5,12-14,16H2,1-3H3,(H,31,34)/t17-,21+,22+,23+,25+,26+,27+,28+/m1/s1. The van der Waals surface area contributed by atoms with Crippen LogP contribution in [0.1, 0.15) is 46.5 Å². The quantitative estimate of drug-likeness (QED) is 0.539. The molecule has 36 heavy (non-hydrogen) atoms. The maximum atomic E-state index is 17.2. The first-order valence-corrected chi connectivity index (χ1v) is 12.8. The van der Waals surface area contributed by atoms with Crippen molar-refractivity contribution in [1.29, 1.82) is 0 Å². The van der Waals surface area contributed by atoms with Crippen molar-refractivity contribution in [3.8, 4) is 5.75 Å². The minimum absolute atomic E-state index is 0.0445. The maximum Gasteiger partial charge on any atom is 0.252 e. The molecule has 0 aliphatic heterocycles. The number of aliphatic hydroxyl groups is 2. The molecule has 0 spiro atoms. The molecule has 5 rings (SSSR count). The maximum absolute atomic E-state index is 17.2. The van der Waals surface area contributed by atoms with Crippen LogP contribution in [-0.4, -0.2) is 57.4 Å². The molecular weight excluding hydrogens is 463 g/mol. The predicted molar refractivity (Wildman–Crippen MR) is 131 cm³/mol. The van der Waals surface area contributed by atoms with Gasteiger partial charge in [-0.3, -0.25) is 14.6 Å². The van der Waals surface area contributed by atoms with Gasteiger partial charge in [0.15, 0.2) is 17.1 Å². The van der Waals surface area contributed by atoms with Crippen molar-refractivity contribution in [1.82, 2.24) is 10.3 Å². The summed E-state index contributed by atoms with van der Waals surface area (Å²) in [4.78, 5) is 29.4. The van der Waals surface area contributed by atoms with Crippen molar-refractivity contribution in [3.05, 3.63) is 48.3 Å². The molecule has 4 aliphatic rings. The van der Waals surface area contributed by atoms with Crippen molar-refractivity contribution >= 4 is 11.7 Å². The molecule has 0 saturated heterocycles. The number of carbonyl (C=O) groups is 2. The van der Waals surface area contributed by atoms with Crippen LogP contribution in [0.25, 0.3) is 0 Å². The van der Waals surface area contributed by atoms with Crippen molar-refractivity contribution in [2.75, 3.05) is 13.2 Å². The molecule has 0 bridgehead atoms. The monoisotopic (exact) mass is 498 g/mol. The Labute approximate surface area is 210 Å². The van der Waals surface area contributed by atoms with Gasteiger partial charge in [0.05, 0.1) is 12.6 Å². The van der Waals surface area contributed by atoms with Gasteiger partial charge in [-0.2, -0.15) is 0 Å².